The molecule has 0 saturated carbocycles. The van der Waals surface area contributed by atoms with E-state index >= 15 is 0 Å². The Morgan fingerprint density at radius 2 is 2.00 bits per heavy atom. The van der Waals surface area contributed by atoms with Gasteiger partial charge in [0.15, 0.2) is 0 Å². The predicted octanol–water partition coefficient (Wildman–Crippen LogP) is 2.03. The van der Waals surface area contributed by atoms with E-state index in [0.29, 0.717) is 0 Å². The summed E-state index contributed by atoms with van der Waals surface area (Å²) < 4.78 is 11.1. The molecule has 0 N–H and O–H groups in total. The van der Waals surface area contributed by atoms with Crippen LogP contribution in [0.1, 0.15) is 32.6 Å². The summed E-state index contributed by atoms with van der Waals surface area (Å²) in [5.74, 6) is 0. The summed E-state index contributed by atoms with van der Waals surface area (Å²) in [6.07, 6.45) is 5.10. The van der Waals surface area contributed by atoms with Crippen molar-refractivity contribution in [2.45, 2.75) is 37.0 Å². The van der Waals surface area contributed by atoms with Gasteiger partial charge in [0.05, 0.1) is 0 Å². The first-order chi connectivity index (χ1) is 3.91. The predicted molar refractivity (Wildman–Crippen MR) is 35.4 cm³/mol. The van der Waals surface area contributed by atoms with E-state index in [4.69, 9.17) is 0 Å². The van der Waals surface area contributed by atoms with Crippen LogP contribution in [0, 0.1) is 0 Å². The van der Waals surface area contributed by atoms with Crippen LogP contribution in [0.15, 0.2) is 0 Å². The molecule has 0 heterocycles. The first kappa shape index (κ1) is 8.60. The normalized spacial score (nSPS) is 9.12. The Kier molecular flexibility index (Phi) is 8.17. The van der Waals surface area contributed by atoms with Crippen LogP contribution in [-0.2, 0) is 3.08 Å². The van der Waals surface area contributed by atoms with Gasteiger partial charge in [-0.2, -0.15) is 0 Å². The van der Waals surface area contributed by atoms with E-state index < -0.39 is 21.1 Å². The van der Waals surface area contributed by atoms with Gasteiger partial charge < -0.3 is 0 Å². The molecule has 0 rings (SSSR count). The van der Waals surface area contributed by atoms with Crippen molar-refractivity contribution in [3.8, 4) is 0 Å². The van der Waals surface area contributed by atoms with Crippen LogP contribution in [0.4, 0.5) is 0 Å². The molecule has 2 heteroatoms. The molecule has 0 aromatic heterocycles. The first-order valence-electron chi connectivity index (χ1n) is 3.26. The number of hydrogen-bond donors (Lipinski definition) is 0. The van der Waals surface area contributed by atoms with Crippen LogP contribution in [0.3, 0.4) is 0 Å². The number of hydrogen-bond acceptors (Lipinski definition) is 1. The van der Waals surface area contributed by atoms with E-state index in [0.717, 1.165) is 4.44 Å². The van der Waals surface area contributed by atoms with Gasteiger partial charge in [-0.05, 0) is 0 Å². The summed E-state index contributed by atoms with van der Waals surface area (Å²) in [4.78, 5) is 0. The molecule has 1 radical (unpaired) electrons. The molecule has 47 valence electrons. The maximum absolute atomic E-state index is 10.1. The molecule has 0 aliphatic carbocycles. The van der Waals surface area contributed by atoms with E-state index in [-0.39, 0.29) is 0 Å². The number of rotatable bonds is 5. The van der Waals surface area contributed by atoms with Gasteiger partial charge in [-0.25, -0.2) is 0 Å². The Labute approximate surface area is 61.5 Å². The van der Waals surface area contributed by atoms with Gasteiger partial charge >= 0.3 is 61.2 Å². The molecule has 0 aromatic rings. The summed E-state index contributed by atoms with van der Waals surface area (Å²) in [5.41, 5.74) is 0. The van der Waals surface area contributed by atoms with E-state index in [1.54, 1.807) is 0 Å². The molecule has 0 amide bonds. The molecule has 0 aliphatic rings. The van der Waals surface area contributed by atoms with Crippen LogP contribution >= 0.6 is 0 Å². The first-order valence-corrected chi connectivity index (χ1v) is 6.45. The van der Waals surface area contributed by atoms with Gasteiger partial charge in [0.25, 0.3) is 0 Å². The van der Waals surface area contributed by atoms with Crippen LogP contribution in [0.2, 0.25) is 4.44 Å². The molecule has 0 aromatic carbocycles. The molecule has 0 aliphatic heterocycles. The molecular formula is C6H13OSn. The maximum atomic E-state index is 10.1. The fourth-order valence-electron chi connectivity index (χ4n) is 0.624. The van der Waals surface area contributed by atoms with Crippen molar-refractivity contribution in [2.75, 3.05) is 0 Å². The van der Waals surface area contributed by atoms with Crippen molar-refractivity contribution >= 4 is 21.1 Å². The minimum atomic E-state index is -1.08. The summed E-state index contributed by atoms with van der Waals surface area (Å²) in [6.45, 7) is 2.19. The van der Waals surface area contributed by atoms with Gasteiger partial charge in [-0.15, -0.1) is 0 Å². The second-order valence-corrected chi connectivity index (χ2v) is 4.21. The van der Waals surface area contributed by atoms with Crippen molar-refractivity contribution in [1.82, 2.24) is 0 Å². The molecule has 8 heavy (non-hydrogen) atoms. The third kappa shape index (κ3) is 6.60. The zero-order chi connectivity index (χ0) is 6.24. The third-order valence-corrected chi connectivity index (χ3v) is 2.72. The van der Waals surface area contributed by atoms with Crippen LogP contribution < -0.4 is 0 Å². The quantitative estimate of drug-likeness (QED) is 0.511. The fraction of sp³-hybridized carbons (Fsp3) is 1.00. The zero-order valence-corrected chi connectivity index (χ0v) is 8.30. The van der Waals surface area contributed by atoms with Crippen LogP contribution in [0.5, 0.6) is 0 Å². The monoisotopic (exact) mass is 221 g/mol. The molecule has 1 nitrogen and oxygen atoms in total. The van der Waals surface area contributed by atoms with E-state index in [1.807, 2.05) is 0 Å². The number of unbranched alkanes of at least 4 members (excludes halogenated alkanes) is 3. The van der Waals surface area contributed by atoms with Gasteiger partial charge in [0, 0.05) is 0 Å². The Hall–Kier alpha value is 0.599. The average molecular weight is 220 g/mol. The average Bonchev–Trinajstić information content (AvgIpc) is 1.81. The summed E-state index contributed by atoms with van der Waals surface area (Å²) in [5, 5.41) is 0. The third-order valence-electron chi connectivity index (χ3n) is 1.13. The molecule has 0 atom stereocenters. The SMILES string of the molecule is CCCCC[CH2][Sn]=[O]. The van der Waals surface area contributed by atoms with Gasteiger partial charge in [0.1, 0.15) is 0 Å². The standard InChI is InChI=1S/C6H13.O.Sn/c1-3-5-6-4-2;;/h1,3-6H2,2H3;;. The summed E-state index contributed by atoms with van der Waals surface area (Å²) in [7, 11) is 0. The zero-order valence-electron chi connectivity index (χ0n) is 5.44. The van der Waals surface area contributed by atoms with Crippen molar-refractivity contribution in [3.63, 3.8) is 0 Å². The molecule has 0 bridgehead atoms. The summed E-state index contributed by atoms with van der Waals surface area (Å²) in [6, 6.07) is 0. The van der Waals surface area contributed by atoms with Crippen molar-refractivity contribution in [2.24, 2.45) is 0 Å². The van der Waals surface area contributed by atoms with Gasteiger partial charge in [0.2, 0.25) is 0 Å². The van der Waals surface area contributed by atoms with E-state index in [1.165, 1.54) is 25.7 Å². The second-order valence-electron chi connectivity index (χ2n) is 1.95. The molecule has 0 unspecified atom stereocenters. The molecular weight excluding hydrogens is 207 g/mol. The molecule has 0 spiro atoms. The van der Waals surface area contributed by atoms with E-state index in [2.05, 4.69) is 6.92 Å². The molecule has 0 fully saturated rings. The second kappa shape index (κ2) is 7.60. The van der Waals surface area contributed by atoms with Crippen LogP contribution in [0.25, 0.3) is 0 Å². The molecule has 0 saturated heterocycles. The fourth-order valence-corrected chi connectivity index (χ4v) is 1.75. The Balaban J connectivity index is 2.62. The van der Waals surface area contributed by atoms with Crippen molar-refractivity contribution in [1.29, 1.82) is 0 Å². The summed E-state index contributed by atoms with van der Waals surface area (Å²) >= 11 is -1.08. The van der Waals surface area contributed by atoms with Crippen molar-refractivity contribution < 1.29 is 3.08 Å². The van der Waals surface area contributed by atoms with E-state index in [9.17, 15) is 3.08 Å². The van der Waals surface area contributed by atoms with Gasteiger partial charge in [-0.3, -0.25) is 0 Å². The minimum absolute atomic E-state index is 1.04. The Morgan fingerprint density at radius 3 is 2.50 bits per heavy atom. The van der Waals surface area contributed by atoms with Gasteiger partial charge in [-0.1, -0.05) is 0 Å². The Morgan fingerprint density at radius 1 is 1.25 bits per heavy atom. The van der Waals surface area contributed by atoms with Crippen LogP contribution in [-0.4, -0.2) is 21.1 Å². The Bertz CT molecular complexity index is 54.5. The van der Waals surface area contributed by atoms with Crippen molar-refractivity contribution in [3.05, 3.63) is 0 Å². The topological polar surface area (TPSA) is 17.1 Å².